The number of hydroxylamine groups is 1. The molecule has 1 rings (SSSR count). The summed E-state index contributed by atoms with van der Waals surface area (Å²) >= 11 is 0. The van der Waals surface area contributed by atoms with Gasteiger partial charge in [0.15, 0.2) is 0 Å². The fourth-order valence-electron chi connectivity index (χ4n) is 1.30. The Bertz CT molecular complexity index is 313. The van der Waals surface area contributed by atoms with Crippen molar-refractivity contribution in [3.8, 4) is 0 Å². The number of anilines is 1. The molecular weight excluding hydrogens is 206 g/mol. The second-order valence-corrected chi connectivity index (χ2v) is 3.44. The highest BCUT2D eigenvalue weighted by atomic mass is 16.7. The lowest BCUT2D eigenvalue weighted by molar-refractivity contribution is 0.0807. The van der Waals surface area contributed by atoms with Gasteiger partial charge in [-0.25, -0.2) is 9.90 Å². The van der Waals surface area contributed by atoms with E-state index in [1.54, 1.807) is 24.3 Å². The molecule has 0 spiro atoms. The Kier molecular flexibility index (Phi) is 5.36. The largest absolute Gasteiger partial charge is 0.481 e. The summed E-state index contributed by atoms with van der Waals surface area (Å²) in [5.41, 5.74) is 0.471. The Balaban J connectivity index is 2.52. The topological polar surface area (TPSA) is 49.4 Å². The van der Waals surface area contributed by atoms with Gasteiger partial charge in [0.1, 0.15) is 0 Å². The molecule has 0 N–H and O–H groups in total. The Morgan fingerprint density at radius 3 is 2.50 bits per heavy atom. The second kappa shape index (κ2) is 6.85. The summed E-state index contributed by atoms with van der Waals surface area (Å²) < 4.78 is 0. The standard InChI is InChI=1S/C12H16NO3/c1-2-3-7-10-16-13(12(14)15)11-8-5-4-6-9-11/h4-6,8-9H,2-3,7,10H2,1H3. The first-order valence-corrected chi connectivity index (χ1v) is 5.44. The van der Waals surface area contributed by atoms with Crippen LogP contribution in [-0.4, -0.2) is 12.7 Å². The third kappa shape index (κ3) is 3.90. The monoisotopic (exact) mass is 222 g/mol. The number of carbonyl (C=O) groups is 1. The molecule has 0 heterocycles. The fraction of sp³-hybridized carbons (Fsp3) is 0.417. The van der Waals surface area contributed by atoms with Crippen molar-refractivity contribution in [1.82, 2.24) is 0 Å². The molecule has 1 aromatic rings. The van der Waals surface area contributed by atoms with Crippen LogP contribution in [0.5, 0.6) is 0 Å². The smallest absolute Gasteiger partial charge is 0.263 e. The number of benzene rings is 1. The van der Waals surface area contributed by atoms with Gasteiger partial charge in [0.25, 0.3) is 0 Å². The van der Waals surface area contributed by atoms with E-state index in [2.05, 4.69) is 6.92 Å². The molecule has 1 radical (unpaired) electrons. The minimum absolute atomic E-state index is 0.386. The van der Waals surface area contributed by atoms with Crippen molar-refractivity contribution in [2.75, 3.05) is 11.7 Å². The quantitative estimate of drug-likeness (QED) is 0.548. The Morgan fingerprint density at radius 1 is 1.25 bits per heavy atom. The van der Waals surface area contributed by atoms with Crippen molar-refractivity contribution in [1.29, 1.82) is 0 Å². The zero-order valence-corrected chi connectivity index (χ0v) is 9.39. The van der Waals surface area contributed by atoms with Crippen molar-refractivity contribution in [3.63, 3.8) is 0 Å². The van der Waals surface area contributed by atoms with Crippen molar-refractivity contribution < 1.29 is 14.7 Å². The van der Waals surface area contributed by atoms with Crippen LogP contribution in [0, 0.1) is 0 Å². The summed E-state index contributed by atoms with van der Waals surface area (Å²) in [6.45, 7) is 2.46. The molecule has 87 valence electrons. The number of unbranched alkanes of at least 4 members (excludes halogenated alkanes) is 2. The van der Waals surface area contributed by atoms with Gasteiger partial charge in [-0.05, 0) is 18.6 Å². The highest BCUT2D eigenvalue weighted by Gasteiger charge is 2.16. The first-order valence-electron chi connectivity index (χ1n) is 5.44. The van der Waals surface area contributed by atoms with Crippen molar-refractivity contribution >= 4 is 11.8 Å². The van der Waals surface area contributed by atoms with Crippen molar-refractivity contribution in [2.45, 2.75) is 26.2 Å². The van der Waals surface area contributed by atoms with Crippen LogP contribution in [0.1, 0.15) is 26.2 Å². The first kappa shape index (κ1) is 12.5. The number of nitrogens with zero attached hydrogens (tertiary/aromatic N) is 1. The molecule has 0 bridgehead atoms. The summed E-state index contributed by atoms with van der Waals surface area (Å²) in [6, 6.07) is 8.64. The minimum Gasteiger partial charge on any atom is -0.263 e. The number of amides is 1. The Hall–Kier alpha value is -1.55. The van der Waals surface area contributed by atoms with Crippen LogP contribution in [0.3, 0.4) is 0 Å². The van der Waals surface area contributed by atoms with E-state index in [0.717, 1.165) is 24.3 Å². The lowest BCUT2D eigenvalue weighted by Crippen LogP contribution is -2.28. The van der Waals surface area contributed by atoms with Gasteiger partial charge in [-0.2, -0.15) is 5.06 Å². The predicted molar refractivity (Wildman–Crippen MR) is 60.5 cm³/mol. The maximum atomic E-state index is 10.9. The zero-order chi connectivity index (χ0) is 11.8. The molecule has 0 unspecified atom stereocenters. The number of hydrogen-bond donors (Lipinski definition) is 0. The molecular formula is C12H16NO3. The highest BCUT2D eigenvalue weighted by molar-refractivity contribution is 5.83. The van der Waals surface area contributed by atoms with Crippen LogP contribution in [0.4, 0.5) is 10.5 Å². The predicted octanol–water partition coefficient (Wildman–Crippen LogP) is 3.17. The molecule has 1 amide bonds. The van der Waals surface area contributed by atoms with E-state index < -0.39 is 6.09 Å². The summed E-state index contributed by atoms with van der Waals surface area (Å²) in [7, 11) is 0. The van der Waals surface area contributed by atoms with E-state index in [1.165, 1.54) is 0 Å². The van der Waals surface area contributed by atoms with Gasteiger partial charge in [-0.1, -0.05) is 38.0 Å². The van der Waals surface area contributed by atoms with Crippen molar-refractivity contribution in [2.24, 2.45) is 0 Å². The van der Waals surface area contributed by atoms with Gasteiger partial charge in [-0.3, -0.25) is 4.84 Å². The SMILES string of the molecule is CCCCCON(C([O])=O)c1ccccc1. The highest BCUT2D eigenvalue weighted by Crippen LogP contribution is 2.14. The lowest BCUT2D eigenvalue weighted by atomic mass is 10.3. The second-order valence-electron chi connectivity index (χ2n) is 3.44. The van der Waals surface area contributed by atoms with Crippen LogP contribution in [0.2, 0.25) is 0 Å². The molecule has 0 aliphatic heterocycles. The fourth-order valence-corrected chi connectivity index (χ4v) is 1.30. The van der Waals surface area contributed by atoms with E-state index in [0.29, 0.717) is 12.3 Å². The number of para-hydroxylation sites is 1. The third-order valence-corrected chi connectivity index (χ3v) is 2.12. The summed E-state index contributed by atoms with van der Waals surface area (Å²) in [5.74, 6) is 0. The van der Waals surface area contributed by atoms with E-state index in [9.17, 15) is 9.90 Å². The van der Waals surface area contributed by atoms with Crippen LogP contribution in [-0.2, 0) is 9.94 Å². The summed E-state index contributed by atoms with van der Waals surface area (Å²) in [5, 5.41) is 11.7. The van der Waals surface area contributed by atoms with Crippen molar-refractivity contribution in [3.05, 3.63) is 30.3 Å². The Labute approximate surface area is 95.4 Å². The molecule has 0 aromatic heterocycles. The normalized spacial score (nSPS) is 10.1. The van der Waals surface area contributed by atoms with Crippen LogP contribution in [0.25, 0.3) is 0 Å². The molecule has 4 heteroatoms. The summed E-state index contributed by atoms with van der Waals surface area (Å²) in [4.78, 5) is 16.0. The van der Waals surface area contributed by atoms with Gasteiger partial charge >= 0.3 is 6.09 Å². The van der Waals surface area contributed by atoms with Gasteiger partial charge < -0.3 is 0 Å². The van der Waals surface area contributed by atoms with Gasteiger partial charge in [0, 0.05) is 0 Å². The average molecular weight is 222 g/mol. The van der Waals surface area contributed by atoms with Crippen LogP contribution >= 0.6 is 0 Å². The summed E-state index contributed by atoms with van der Waals surface area (Å²) in [6.07, 6.45) is 1.59. The maximum absolute atomic E-state index is 10.9. The molecule has 0 fully saturated rings. The van der Waals surface area contributed by atoms with Gasteiger partial charge in [-0.15, -0.1) is 0 Å². The third-order valence-electron chi connectivity index (χ3n) is 2.12. The molecule has 4 nitrogen and oxygen atoms in total. The van der Waals surface area contributed by atoms with E-state index in [-0.39, 0.29) is 0 Å². The zero-order valence-electron chi connectivity index (χ0n) is 9.39. The van der Waals surface area contributed by atoms with E-state index in [4.69, 9.17) is 4.84 Å². The minimum atomic E-state index is -1.34. The molecule has 0 saturated carbocycles. The first-order chi connectivity index (χ1) is 7.75. The maximum Gasteiger partial charge on any atom is 0.481 e. The average Bonchev–Trinajstić information content (AvgIpc) is 2.30. The number of hydrogen-bond acceptors (Lipinski definition) is 2. The van der Waals surface area contributed by atoms with Gasteiger partial charge in [0.05, 0.1) is 12.3 Å². The van der Waals surface area contributed by atoms with Crippen LogP contribution < -0.4 is 5.06 Å². The lowest BCUT2D eigenvalue weighted by Gasteiger charge is -2.16. The van der Waals surface area contributed by atoms with Gasteiger partial charge in [0.2, 0.25) is 0 Å². The van der Waals surface area contributed by atoms with E-state index >= 15 is 0 Å². The molecule has 16 heavy (non-hydrogen) atoms. The van der Waals surface area contributed by atoms with Crippen LogP contribution in [0.15, 0.2) is 30.3 Å². The molecule has 0 atom stereocenters. The molecule has 0 saturated heterocycles. The molecule has 1 aromatic carbocycles. The van der Waals surface area contributed by atoms with E-state index in [1.807, 2.05) is 6.07 Å². The Morgan fingerprint density at radius 2 is 1.94 bits per heavy atom. The number of rotatable bonds is 6. The molecule has 0 aliphatic carbocycles. The molecule has 0 aliphatic rings. The number of carbonyl (C=O) groups excluding carboxylic acids is 1.